The Morgan fingerprint density at radius 1 is 0.672 bits per heavy atom. The van der Waals surface area contributed by atoms with Crippen LogP contribution in [0.4, 0.5) is 4.79 Å². The van der Waals surface area contributed by atoms with E-state index >= 15 is 0 Å². The molecule has 0 spiro atoms. The number of aryl methyl sites for hydroxylation is 2. The fourth-order valence-electron chi connectivity index (χ4n) is 7.44. The zero-order chi connectivity index (χ0) is 44.7. The van der Waals surface area contributed by atoms with Crippen LogP contribution in [0.25, 0.3) is 44.3 Å². The van der Waals surface area contributed by atoms with Gasteiger partial charge in [-0.15, -0.1) is 0 Å². The summed E-state index contributed by atoms with van der Waals surface area (Å²) in [6, 6.07) is 19.2. The molecular formula is C49H60Cl2N6O4. The van der Waals surface area contributed by atoms with Crippen LogP contribution in [0, 0.1) is 25.7 Å². The molecular weight excluding hydrogens is 807 g/mol. The molecule has 0 aliphatic rings. The maximum Gasteiger partial charge on any atom is 0.408 e. The van der Waals surface area contributed by atoms with Gasteiger partial charge in [-0.2, -0.15) is 0 Å². The van der Waals surface area contributed by atoms with Crippen LogP contribution < -0.4 is 20.5 Å². The van der Waals surface area contributed by atoms with Crippen molar-refractivity contribution in [2.24, 2.45) is 17.6 Å². The molecule has 6 rings (SSSR count). The van der Waals surface area contributed by atoms with Crippen molar-refractivity contribution in [2.75, 3.05) is 13.2 Å². The molecule has 0 saturated carbocycles. The third kappa shape index (κ3) is 13.5. The van der Waals surface area contributed by atoms with E-state index < -0.39 is 17.2 Å². The molecule has 0 bridgehead atoms. The molecule has 2 aromatic carbocycles. The average Bonchev–Trinajstić information content (AvgIpc) is 3.15. The minimum atomic E-state index is -0.598. The second kappa shape index (κ2) is 19.8. The number of nitrogens with one attached hydrogen (secondary N) is 1. The number of fused-ring (bicyclic) bond motifs is 2. The normalized spacial score (nSPS) is 13.6. The van der Waals surface area contributed by atoms with Gasteiger partial charge in [0.2, 0.25) is 0 Å². The number of nitrogens with two attached hydrogens (primary N) is 1. The number of nitrogens with zero attached hydrogens (tertiary/aromatic N) is 4. The van der Waals surface area contributed by atoms with Crippen LogP contribution in [0.5, 0.6) is 11.5 Å². The molecule has 12 heteroatoms. The number of hydrogen-bond donors (Lipinski definition) is 2. The Bertz CT molecular complexity index is 2470. The van der Waals surface area contributed by atoms with Crippen molar-refractivity contribution in [1.29, 1.82) is 0 Å². The van der Waals surface area contributed by atoms with Gasteiger partial charge in [0.1, 0.15) is 30.3 Å². The molecule has 4 aromatic heterocycles. The summed E-state index contributed by atoms with van der Waals surface area (Å²) in [6.07, 6.45) is 8.25. The lowest BCUT2D eigenvalue weighted by atomic mass is 9.91. The maximum atomic E-state index is 12.5. The van der Waals surface area contributed by atoms with Crippen LogP contribution in [-0.2, 0) is 4.74 Å². The highest BCUT2D eigenvalue weighted by molar-refractivity contribution is 6.31. The molecule has 0 aliphatic heterocycles. The highest BCUT2D eigenvalue weighted by atomic mass is 35.5. The first-order valence-corrected chi connectivity index (χ1v) is 21.4. The Morgan fingerprint density at radius 3 is 1.56 bits per heavy atom. The van der Waals surface area contributed by atoms with Crippen LogP contribution in [0.1, 0.15) is 86.3 Å². The summed E-state index contributed by atoms with van der Waals surface area (Å²) in [5.41, 5.74) is 12.2. The monoisotopic (exact) mass is 866 g/mol. The highest BCUT2D eigenvalue weighted by Crippen LogP contribution is 2.33. The first-order chi connectivity index (χ1) is 28.6. The van der Waals surface area contributed by atoms with Crippen molar-refractivity contribution >= 4 is 51.1 Å². The predicted octanol–water partition coefficient (Wildman–Crippen LogP) is 12.4. The molecule has 324 valence electrons. The SMILES string of the molecule is Cc1cc(-c2ccnc3ccc(Cl)cc23)ncc1OC[C@@](C)(N)CC(C)C.Cc1cc(-c2ccnc3ccc(Cl)cc23)ncc1OC[C@](C)(CC(C)C)NC(=O)OC(C)(C)C. The molecule has 2 atom stereocenters. The summed E-state index contributed by atoms with van der Waals surface area (Å²) in [6.45, 7) is 22.8. The first-order valence-electron chi connectivity index (χ1n) is 20.7. The van der Waals surface area contributed by atoms with E-state index in [1.807, 2.05) is 109 Å². The minimum absolute atomic E-state index is 0.292. The smallest absolute Gasteiger partial charge is 0.408 e. The molecule has 6 aromatic rings. The number of benzene rings is 2. The zero-order valence-electron chi connectivity index (χ0n) is 37.3. The van der Waals surface area contributed by atoms with Gasteiger partial charge in [0, 0.05) is 49.9 Å². The van der Waals surface area contributed by atoms with Crippen LogP contribution >= 0.6 is 23.2 Å². The highest BCUT2D eigenvalue weighted by Gasteiger charge is 2.31. The lowest BCUT2D eigenvalue weighted by molar-refractivity contribution is 0.0407. The van der Waals surface area contributed by atoms with Crippen LogP contribution in [-0.4, -0.2) is 55.9 Å². The van der Waals surface area contributed by atoms with E-state index in [-0.39, 0.29) is 5.54 Å². The van der Waals surface area contributed by atoms with E-state index in [1.54, 1.807) is 24.8 Å². The van der Waals surface area contributed by atoms with Crippen LogP contribution in [0.2, 0.25) is 10.0 Å². The third-order valence-corrected chi connectivity index (χ3v) is 10.2. The molecule has 1 amide bonds. The van der Waals surface area contributed by atoms with Gasteiger partial charge in [0.25, 0.3) is 0 Å². The molecule has 10 nitrogen and oxygen atoms in total. The number of carbonyl (C=O) groups is 1. The van der Waals surface area contributed by atoms with Gasteiger partial charge in [-0.1, -0.05) is 50.9 Å². The summed E-state index contributed by atoms with van der Waals surface area (Å²) in [5, 5.41) is 6.27. The van der Waals surface area contributed by atoms with Crippen molar-refractivity contribution in [1.82, 2.24) is 25.3 Å². The topological polar surface area (TPSA) is 134 Å². The van der Waals surface area contributed by atoms with Crippen molar-refractivity contribution in [3.63, 3.8) is 0 Å². The number of alkyl carbamates (subject to hydrolysis) is 1. The number of aromatic nitrogens is 4. The molecule has 0 radical (unpaired) electrons. The largest absolute Gasteiger partial charge is 0.490 e. The van der Waals surface area contributed by atoms with Crippen LogP contribution in [0.15, 0.2) is 85.5 Å². The molecule has 3 N–H and O–H groups in total. The predicted molar refractivity (Wildman–Crippen MR) is 250 cm³/mol. The Balaban J connectivity index is 0.000000237. The number of ether oxygens (including phenoxy) is 3. The molecule has 4 heterocycles. The van der Waals surface area contributed by atoms with Crippen LogP contribution in [0.3, 0.4) is 0 Å². The van der Waals surface area contributed by atoms with Crippen molar-refractivity contribution in [3.8, 4) is 34.0 Å². The Kier molecular flexibility index (Phi) is 15.2. The average molecular weight is 868 g/mol. The quantitative estimate of drug-likeness (QED) is 0.116. The summed E-state index contributed by atoms with van der Waals surface area (Å²) < 4.78 is 17.6. The fourth-order valence-corrected chi connectivity index (χ4v) is 7.78. The van der Waals surface area contributed by atoms with Crippen molar-refractivity contribution in [2.45, 2.75) is 106 Å². The summed E-state index contributed by atoms with van der Waals surface area (Å²) in [4.78, 5) is 30.5. The van der Waals surface area contributed by atoms with Gasteiger partial charge >= 0.3 is 6.09 Å². The first kappa shape index (κ1) is 47.0. The summed E-state index contributed by atoms with van der Waals surface area (Å²) in [7, 11) is 0. The Hall–Kier alpha value is -5.03. The van der Waals surface area contributed by atoms with Gasteiger partial charge in [-0.05, 0) is 145 Å². The summed E-state index contributed by atoms with van der Waals surface area (Å²) >= 11 is 12.4. The van der Waals surface area contributed by atoms with E-state index in [1.165, 1.54) is 0 Å². The van der Waals surface area contributed by atoms with E-state index in [0.29, 0.717) is 40.8 Å². The molecule has 0 unspecified atom stereocenters. The van der Waals surface area contributed by atoms with E-state index in [2.05, 4.69) is 52.9 Å². The second-order valence-corrected chi connectivity index (χ2v) is 19.2. The second-order valence-electron chi connectivity index (χ2n) is 18.3. The van der Waals surface area contributed by atoms with Gasteiger partial charge < -0.3 is 25.3 Å². The minimum Gasteiger partial charge on any atom is -0.490 e. The Morgan fingerprint density at radius 2 is 1.13 bits per heavy atom. The third-order valence-electron chi connectivity index (χ3n) is 9.72. The van der Waals surface area contributed by atoms with Gasteiger partial charge in [0.05, 0.1) is 40.4 Å². The van der Waals surface area contributed by atoms with E-state index in [9.17, 15) is 4.79 Å². The lowest BCUT2D eigenvalue weighted by Gasteiger charge is -2.33. The maximum absolute atomic E-state index is 12.5. The lowest BCUT2D eigenvalue weighted by Crippen LogP contribution is -2.52. The fraction of sp³-hybridized carbons (Fsp3) is 0.408. The van der Waals surface area contributed by atoms with E-state index in [0.717, 1.165) is 74.0 Å². The Labute approximate surface area is 371 Å². The van der Waals surface area contributed by atoms with Gasteiger partial charge in [-0.3, -0.25) is 19.9 Å². The number of carbonyl (C=O) groups excluding carboxylic acids is 1. The van der Waals surface area contributed by atoms with E-state index in [4.69, 9.17) is 43.1 Å². The van der Waals surface area contributed by atoms with Crippen molar-refractivity contribution in [3.05, 3.63) is 107 Å². The summed E-state index contributed by atoms with van der Waals surface area (Å²) in [5.74, 6) is 2.31. The van der Waals surface area contributed by atoms with Gasteiger partial charge in [0.15, 0.2) is 0 Å². The number of hydrogen-bond acceptors (Lipinski definition) is 9. The number of pyridine rings is 4. The molecule has 0 fully saturated rings. The number of halogens is 2. The number of amides is 1. The molecule has 0 aliphatic carbocycles. The van der Waals surface area contributed by atoms with Gasteiger partial charge in [-0.25, -0.2) is 4.79 Å². The number of rotatable bonds is 13. The molecule has 0 saturated heterocycles. The standard InChI is InChI=1S/C27H34ClN3O3.C22H26ClN3O/c1-17(2)14-27(7,31-25(32)34-26(4,5)6)16-33-24-15-30-23(12-18(24)3)20-10-11-29-22-9-8-19(28)13-21(20)22;1-14(2)11-22(4,24)13-27-21-12-26-20(9-15(21)3)17-7-8-25-19-6-5-16(23)10-18(17)19/h8-13,15,17H,14,16H2,1-7H3,(H,31,32);5-10,12,14H,11,13,24H2,1-4H3/t27-;22-/m00/s1. The molecule has 61 heavy (non-hydrogen) atoms. The zero-order valence-corrected chi connectivity index (χ0v) is 38.8. The van der Waals surface area contributed by atoms with Crippen molar-refractivity contribution < 1.29 is 19.0 Å².